The number of aliphatic hydroxyl groups excluding tert-OH is 13. The van der Waals surface area contributed by atoms with Crippen LogP contribution in [0.5, 0.6) is 0 Å². The zero-order valence-electron chi connectivity index (χ0n) is 25.4. The van der Waals surface area contributed by atoms with Gasteiger partial charge in [-0.05, 0) is 0 Å². The topological polar surface area (TPSA) is 337 Å². The summed E-state index contributed by atoms with van der Waals surface area (Å²) in [5.41, 5.74) is 0. The third kappa shape index (κ3) is 8.33. The molecule has 21 nitrogen and oxygen atoms in total. The van der Waals surface area contributed by atoms with Gasteiger partial charge in [-0.1, -0.05) is 6.08 Å². The predicted octanol–water partition coefficient (Wildman–Crippen LogP) is -8.54. The van der Waals surface area contributed by atoms with Crippen LogP contribution in [0.2, 0.25) is 0 Å². The van der Waals surface area contributed by atoms with Gasteiger partial charge in [0.05, 0.1) is 33.0 Å². The van der Waals surface area contributed by atoms with E-state index in [1.807, 2.05) is 0 Å². The zero-order valence-corrected chi connectivity index (χ0v) is 25.4. The summed E-state index contributed by atoms with van der Waals surface area (Å²) in [6, 6.07) is 0. The molecule has 0 aromatic heterocycles. The maximum absolute atomic E-state index is 11.3. The molecule has 0 unspecified atom stereocenters. The Bertz CT molecular complexity index is 989. The molecule has 0 radical (unpaired) electrons. The Balaban J connectivity index is 1.56. The number of hydrogen-bond donors (Lipinski definition) is 13. The van der Waals surface area contributed by atoms with E-state index in [2.05, 4.69) is 6.58 Å². The van der Waals surface area contributed by atoms with Gasteiger partial charge in [0.1, 0.15) is 97.7 Å². The lowest BCUT2D eigenvalue weighted by molar-refractivity contribution is -0.384. The van der Waals surface area contributed by atoms with Gasteiger partial charge < -0.3 is 104 Å². The summed E-state index contributed by atoms with van der Waals surface area (Å²) in [6.45, 7) is 0.258. The van der Waals surface area contributed by atoms with Gasteiger partial charge in [-0.2, -0.15) is 0 Å². The molecule has 20 atom stereocenters. The van der Waals surface area contributed by atoms with Gasteiger partial charge in [-0.25, -0.2) is 0 Å². The maximum Gasteiger partial charge on any atom is 0.187 e. The van der Waals surface area contributed by atoms with E-state index in [4.69, 9.17) is 37.9 Å². The minimum Gasteiger partial charge on any atom is -0.394 e. The van der Waals surface area contributed by atoms with Crippen LogP contribution in [0.25, 0.3) is 0 Å². The van der Waals surface area contributed by atoms with Crippen molar-refractivity contribution in [3.63, 3.8) is 0 Å². The lowest BCUT2D eigenvalue weighted by Gasteiger charge is -2.48. The van der Waals surface area contributed by atoms with Crippen molar-refractivity contribution in [2.75, 3.05) is 33.0 Å². The third-order valence-corrected chi connectivity index (χ3v) is 8.55. The fourth-order valence-electron chi connectivity index (χ4n) is 5.72. The predicted molar refractivity (Wildman–Crippen MR) is 148 cm³/mol. The number of ether oxygens (including phenoxy) is 8. The molecule has 4 saturated heterocycles. The van der Waals surface area contributed by atoms with Crippen molar-refractivity contribution in [3.05, 3.63) is 12.7 Å². The van der Waals surface area contributed by atoms with Gasteiger partial charge in [0.25, 0.3) is 0 Å². The second kappa shape index (κ2) is 17.4. The van der Waals surface area contributed by atoms with E-state index in [0.717, 1.165) is 0 Å². The van der Waals surface area contributed by atoms with Crippen LogP contribution < -0.4 is 0 Å². The Morgan fingerprint density at radius 3 is 1.44 bits per heavy atom. The highest BCUT2D eigenvalue weighted by Gasteiger charge is 2.54. The third-order valence-electron chi connectivity index (χ3n) is 8.55. The second-order valence-corrected chi connectivity index (χ2v) is 11.8. The first kappa shape index (κ1) is 39.7. The fraction of sp³-hybridized carbons (Fsp3) is 0.926. The zero-order chi connectivity index (χ0) is 35.4. The fourth-order valence-corrected chi connectivity index (χ4v) is 5.72. The largest absolute Gasteiger partial charge is 0.394 e. The van der Waals surface area contributed by atoms with E-state index in [9.17, 15) is 66.4 Å². The normalized spacial score (nSPS) is 50.3. The lowest BCUT2D eigenvalue weighted by Crippen LogP contribution is -2.67. The van der Waals surface area contributed by atoms with E-state index in [0.29, 0.717) is 0 Å². The van der Waals surface area contributed by atoms with Crippen molar-refractivity contribution in [2.45, 2.75) is 123 Å². The number of rotatable bonds is 13. The van der Waals surface area contributed by atoms with E-state index in [1.54, 1.807) is 0 Å². The molecule has 4 fully saturated rings. The SMILES string of the molecule is C=CCO[C@H]1O[C@H](CO)[C@@H](O[C@@H]2O[C@H](CO[C@H]3O[C@H](CO)[C@@H](O)[C@H](O)[C@@H]3O)[C@@H](O)[C@H](O[C@H]3O[C@H](CO)[C@@H](O)[C@H](O)[C@@H]3O)[C@H]2O)[C@H](O)[C@H]1O. The molecule has 48 heavy (non-hydrogen) atoms. The minimum atomic E-state index is -2.03. The first-order chi connectivity index (χ1) is 22.8. The summed E-state index contributed by atoms with van der Waals surface area (Å²) in [5, 5.41) is 134. The van der Waals surface area contributed by atoms with Crippen molar-refractivity contribution >= 4 is 0 Å². The average Bonchev–Trinajstić information content (AvgIpc) is 3.08. The maximum atomic E-state index is 11.3. The van der Waals surface area contributed by atoms with Crippen LogP contribution >= 0.6 is 0 Å². The number of aliphatic hydroxyl groups is 13. The summed E-state index contributed by atoms with van der Waals surface area (Å²) in [4.78, 5) is 0. The van der Waals surface area contributed by atoms with Crippen molar-refractivity contribution < 1.29 is 104 Å². The Hall–Kier alpha value is -1.10. The van der Waals surface area contributed by atoms with E-state index in [-0.39, 0.29) is 6.61 Å². The molecule has 0 amide bonds. The molecule has 0 aromatic carbocycles. The smallest absolute Gasteiger partial charge is 0.187 e. The van der Waals surface area contributed by atoms with Crippen LogP contribution in [0.1, 0.15) is 0 Å². The molecule has 0 aliphatic carbocycles. The summed E-state index contributed by atoms with van der Waals surface area (Å²) in [6.07, 6.45) is -33.3. The van der Waals surface area contributed by atoms with Gasteiger partial charge in [0.15, 0.2) is 25.2 Å². The molecule has 280 valence electrons. The first-order valence-corrected chi connectivity index (χ1v) is 15.2. The first-order valence-electron chi connectivity index (χ1n) is 15.2. The number of hydrogen-bond acceptors (Lipinski definition) is 21. The molecule has 4 aliphatic heterocycles. The van der Waals surface area contributed by atoms with Crippen molar-refractivity contribution in [1.82, 2.24) is 0 Å². The summed E-state index contributed by atoms with van der Waals surface area (Å²) >= 11 is 0. The van der Waals surface area contributed by atoms with E-state index < -0.39 is 149 Å². The van der Waals surface area contributed by atoms with Crippen molar-refractivity contribution in [1.29, 1.82) is 0 Å². The van der Waals surface area contributed by atoms with Crippen LogP contribution in [0.15, 0.2) is 12.7 Å². The average molecular weight is 707 g/mol. The van der Waals surface area contributed by atoms with Crippen LogP contribution in [0.4, 0.5) is 0 Å². The molecule has 4 aliphatic rings. The van der Waals surface area contributed by atoms with Gasteiger partial charge in [0.2, 0.25) is 0 Å². The Kier molecular flexibility index (Phi) is 14.4. The highest BCUT2D eigenvalue weighted by Crippen LogP contribution is 2.33. The Morgan fingerprint density at radius 1 is 0.438 bits per heavy atom. The van der Waals surface area contributed by atoms with E-state index in [1.165, 1.54) is 6.08 Å². The quantitative estimate of drug-likeness (QED) is 0.0791. The molecular weight excluding hydrogens is 660 g/mol. The summed E-state index contributed by atoms with van der Waals surface area (Å²) < 4.78 is 44.0. The molecule has 21 heteroatoms. The molecule has 4 rings (SSSR count). The molecule has 13 N–H and O–H groups in total. The molecule has 0 saturated carbocycles. The van der Waals surface area contributed by atoms with Crippen molar-refractivity contribution in [2.24, 2.45) is 0 Å². The van der Waals surface area contributed by atoms with E-state index >= 15 is 0 Å². The minimum absolute atomic E-state index is 0.0897. The standard InChI is InChI=1S/C27H46O21/c1-2-3-41-24-20(39)17(36)22(10(6-30)45-24)47-27-21(40)23(48-26-19(38)16(35)13(32)9(5-29)44-26)14(33)11(46-27)7-42-25-18(37)15(34)12(31)8(4-28)43-25/h2,8-40H,1,3-7H2/t8-,9-,10-,11-,12-,13-,14-,15+,16+,17-,18+,19+,20-,21-,22-,23+,24+,25+,26-,27+/m1/s1. The van der Waals surface area contributed by atoms with Gasteiger partial charge in [-0.15, -0.1) is 6.58 Å². The summed E-state index contributed by atoms with van der Waals surface area (Å²) in [7, 11) is 0. The lowest BCUT2D eigenvalue weighted by atomic mass is 9.96. The second-order valence-electron chi connectivity index (χ2n) is 11.8. The van der Waals surface area contributed by atoms with Crippen LogP contribution in [0.3, 0.4) is 0 Å². The molecule has 0 spiro atoms. The molecule has 0 bridgehead atoms. The molecule has 0 aromatic rings. The molecular formula is C27H46O21. The van der Waals surface area contributed by atoms with Gasteiger partial charge in [0, 0.05) is 0 Å². The van der Waals surface area contributed by atoms with Crippen LogP contribution in [-0.2, 0) is 37.9 Å². The Labute approximate surface area is 273 Å². The van der Waals surface area contributed by atoms with Gasteiger partial charge >= 0.3 is 0 Å². The Morgan fingerprint density at radius 2 is 0.875 bits per heavy atom. The molecule has 4 heterocycles. The highest BCUT2D eigenvalue weighted by molar-refractivity contribution is 4.97. The monoisotopic (exact) mass is 706 g/mol. The van der Waals surface area contributed by atoms with Crippen LogP contribution in [0, 0.1) is 0 Å². The highest BCUT2D eigenvalue weighted by atomic mass is 16.8. The van der Waals surface area contributed by atoms with Crippen molar-refractivity contribution in [3.8, 4) is 0 Å². The van der Waals surface area contributed by atoms with Gasteiger partial charge in [-0.3, -0.25) is 0 Å². The summed E-state index contributed by atoms with van der Waals surface area (Å²) in [5.74, 6) is 0. The van der Waals surface area contributed by atoms with Crippen LogP contribution in [-0.4, -0.2) is 222 Å².